The third-order valence-corrected chi connectivity index (χ3v) is 2.64. The lowest BCUT2D eigenvalue weighted by Crippen LogP contribution is -2.15. The Morgan fingerprint density at radius 2 is 2.40 bits per heavy atom. The fourth-order valence-electron chi connectivity index (χ4n) is 0.825. The maximum Gasteiger partial charge on any atom is 0.349 e. The number of nitriles is 1. The number of rotatable bonds is 3. The molecule has 0 amide bonds. The highest BCUT2D eigenvalue weighted by Gasteiger charge is 2.22. The number of hydrogen-bond donors (Lipinski definition) is 2. The number of aromatic nitrogens is 1. The molecule has 0 fully saturated rings. The predicted octanol–water partition coefficient (Wildman–Crippen LogP) is -0.152. The summed E-state index contributed by atoms with van der Waals surface area (Å²) in [5.41, 5.74) is 0. The summed E-state index contributed by atoms with van der Waals surface area (Å²) in [6.07, 6.45) is -1.74. The topological polar surface area (TPSA) is 103 Å². The van der Waals surface area contributed by atoms with Gasteiger partial charge in [0, 0.05) is 0 Å². The molecule has 1 heterocycles. The van der Waals surface area contributed by atoms with E-state index in [-0.39, 0.29) is 9.88 Å². The Hall–Kier alpha value is -1.49. The molecule has 80 valence electrons. The third-order valence-electron chi connectivity index (χ3n) is 1.59. The normalized spacial score (nSPS) is 14.0. The molecule has 0 aliphatic heterocycles. The van der Waals surface area contributed by atoms with Crippen molar-refractivity contribution in [2.45, 2.75) is 12.2 Å². The van der Waals surface area contributed by atoms with E-state index in [4.69, 9.17) is 10.4 Å². The molecular weight excluding hydrogens is 220 g/mol. The van der Waals surface area contributed by atoms with Crippen LogP contribution in [0.15, 0.2) is 6.20 Å². The predicted molar refractivity (Wildman–Crippen MR) is 50.0 cm³/mol. The van der Waals surface area contributed by atoms with Gasteiger partial charge in [0.15, 0.2) is 6.10 Å². The van der Waals surface area contributed by atoms with E-state index in [1.807, 2.05) is 0 Å². The molecule has 1 aromatic heterocycles. The monoisotopic (exact) mass is 228 g/mol. The van der Waals surface area contributed by atoms with Crippen molar-refractivity contribution in [3.63, 3.8) is 0 Å². The number of aliphatic hydroxyl groups is 2. The summed E-state index contributed by atoms with van der Waals surface area (Å²) >= 11 is 0.871. The average Bonchev–Trinajstić information content (AvgIpc) is 2.75. The second-order valence-corrected chi connectivity index (χ2v) is 3.64. The van der Waals surface area contributed by atoms with Gasteiger partial charge in [0.25, 0.3) is 0 Å². The van der Waals surface area contributed by atoms with Crippen molar-refractivity contribution in [3.8, 4) is 6.07 Å². The lowest BCUT2D eigenvalue weighted by Gasteiger charge is -2.06. The molecule has 1 rings (SSSR count). The van der Waals surface area contributed by atoms with Crippen molar-refractivity contribution < 1.29 is 19.7 Å². The lowest BCUT2D eigenvalue weighted by atomic mass is 10.2. The van der Waals surface area contributed by atoms with Crippen molar-refractivity contribution >= 4 is 17.3 Å². The summed E-state index contributed by atoms with van der Waals surface area (Å²) in [5, 5.41) is 26.9. The molecule has 0 aliphatic rings. The number of hydrogen-bond acceptors (Lipinski definition) is 7. The fraction of sp³-hybridized carbons (Fsp3) is 0.375. The number of carbonyl (C=O) groups excluding carboxylic acids is 1. The largest absolute Gasteiger partial charge is 0.465 e. The minimum Gasteiger partial charge on any atom is -0.465 e. The quantitative estimate of drug-likeness (QED) is 0.550. The summed E-state index contributed by atoms with van der Waals surface area (Å²) < 4.78 is 4.44. The zero-order valence-electron chi connectivity index (χ0n) is 7.75. The molecule has 1 aromatic rings. The van der Waals surface area contributed by atoms with Gasteiger partial charge in [-0.15, -0.1) is 11.3 Å². The smallest absolute Gasteiger partial charge is 0.349 e. The zero-order chi connectivity index (χ0) is 11.4. The lowest BCUT2D eigenvalue weighted by molar-refractivity contribution is 0.0526. The minimum absolute atomic E-state index is 0.101. The van der Waals surface area contributed by atoms with E-state index in [2.05, 4.69) is 9.72 Å². The molecule has 2 unspecified atom stereocenters. The number of ether oxygens (including phenoxy) is 1. The molecule has 2 atom stereocenters. The van der Waals surface area contributed by atoms with E-state index >= 15 is 0 Å². The van der Waals surface area contributed by atoms with Crippen molar-refractivity contribution in [1.29, 1.82) is 5.26 Å². The average molecular weight is 228 g/mol. The summed E-state index contributed by atoms with van der Waals surface area (Å²) in [6.45, 7) is 0. The first-order valence-corrected chi connectivity index (χ1v) is 4.71. The second-order valence-electron chi connectivity index (χ2n) is 2.57. The SMILES string of the molecule is COC(=O)c1cnc(C(O)C(O)C#N)s1. The number of aliphatic hydroxyl groups excluding tert-OH is 2. The zero-order valence-corrected chi connectivity index (χ0v) is 8.56. The van der Waals surface area contributed by atoms with Crippen LogP contribution >= 0.6 is 11.3 Å². The number of carbonyl (C=O) groups is 1. The Morgan fingerprint density at radius 3 is 2.93 bits per heavy atom. The highest BCUT2D eigenvalue weighted by molar-refractivity contribution is 7.13. The van der Waals surface area contributed by atoms with E-state index in [9.17, 15) is 9.90 Å². The molecule has 0 saturated heterocycles. The number of esters is 1. The summed E-state index contributed by atoms with van der Waals surface area (Å²) in [7, 11) is 1.22. The molecule has 7 heteroatoms. The van der Waals surface area contributed by atoms with E-state index in [0.29, 0.717) is 0 Å². The molecule has 15 heavy (non-hydrogen) atoms. The van der Waals surface area contributed by atoms with Gasteiger partial charge in [0.1, 0.15) is 16.0 Å². The van der Waals surface area contributed by atoms with Gasteiger partial charge in [-0.2, -0.15) is 5.26 Å². The van der Waals surface area contributed by atoms with Gasteiger partial charge < -0.3 is 14.9 Å². The Morgan fingerprint density at radius 1 is 1.73 bits per heavy atom. The van der Waals surface area contributed by atoms with Crippen LogP contribution in [-0.2, 0) is 4.74 Å². The van der Waals surface area contributed by atoms with E-state index < -0.39 is 18.2 Å². The van der Waals surface area contributed by atoms with Crippen LogP contribution in [0.3, 0.4) is 0 Å². The van der Waals surface area contributed by atoms with Crippen LogP contribution in [0.1, 0.15) is 20.8 Å². The molecule has 6 nitrogen and oxygen atoms in total. The van der Waals surface area contributed by atoms with Gasteiger partial charge in [-0.3, -0.25) is 0 Å². The van der Waals surface area contributed by atoms with Crippen molar-refractivity contribution in [3.05, 3.63) is 16.1 Å². The van der Waals surface area contributed by atoms with Crippen LogP contribution < -0.4 is 0 Å². The van der Waals surface area contributed by atoms with Crippen LogP contribution in [0.5, 0.6) is 0 Å². The first kappa shape index (κ1) is 11.6. The molecule has 0 bridgehead atoms. The maximum atomic E-state index is 11.0. The fourth-order valence-corrected chi connectivity index (χ4v) is 1.68. The third kappa shape index (κ3) is 2.50. The highest BCUT2D eigenvalue weighted by atomic mass is 32.1. The number of thiazole rings is 1. The van der Waals surface area contributed by atoms with Gasteiger partial charge in [-0.1, -0.05) is 0 Å². The van der Waals surface area contributed by atoms with E-state index in [1.165, 1.54) is 19.4 Å². The van der Waals surface area contributed by atoms with Gasteiger partial charge in [0.05, 0.1) is 19.4 Å². The molecule has 0 aliphatic carbocycles. The Kier molecular flexibility index (Phi) is 3.74. The highest BCUT2D eigenvalue weighted by Crippen LogP contribution is 2.22. The van der Waals surface area contributed by atoms with Crippen LogP contribution in [0.25, 0.3) is 0 Å². The second kappa shape index (κ2) is 4.84. The number of methoxy groups -OCH3 is 1. The summed E-state index contributed by atoms with van der Waals surface area (Å²) in [5.74, 6) is -0.572. The van der Waals surface area contributed by atoms with Gasteiger partial charge in [-0.25, -0.2) is 9.78 Å². The van der Waals surface area contributed by atoms with Crippen molar-refractivity contribution in [2.24, 2.45) is 0 Å². The first-order valence-electron chi connectivity index (χ1n) is 3.90. The first-order chi connectivity index (χ1) is 7.10. The van der Waals surface area contributed by atoms with Gasteiger partial charge in [0.2, 0.25) is 0 Å². The summed E-state index contributed by atoms with van der Waals surface area (Å²) in [6, 6.07) is 1.47. The van der Waals surface area contributed by atoms with Crippen molar-refractivity contribution in [1.82, 2.24) is 4.98 Å². The van der Waals surface area contributed by atoms with Crippen LogP contribution in [0.4, 0.5) is 0 Å². The van der Waals surface area contributed by atoms with Crippen molar-refractivity contribution in [2.75, 3.05) is 7.11 Å². The Balaban J connectivity index is 2.85. The van der Waals surface area contributed by atoms with E-state index in [1.54, 1.807) is 0 Å². The Bertz CT molecular complexity index is 398. The minimum atomic E-state index is -1.55. The van der Waals surface area contributed by atoms with Gasteiger partial charge in [-0.05, 0) is 0 Å². The Labute approximate surface area is 89.4 Å². The van der Waals surface area contributed by atoms with Crippen LogP contribution in [-0.4, -0.2) is 34.4 Å². The maximum absolute atomic E-state index is 11.0. The molecule has 0 saturated carbocycles. The van der Waals surface area contributed by atoms with Crippen LogP contribution in [0, 0.1) is 11.3 Å². The standard InChI is InChI=1S/C8H8N2O4S/c1-14-8(13)5-3-10-7(15-5)6(12)4(11)2-9/h3-4,6,11-12H,1H3. The van der Waals surface area contributed by atoms with Gasteiger partial charge >= 0.3 is 5.97 Å². The molecule has 0 radical (unpaired) electrons. The number of nitrogens with zero attached hydrogens (tertiary/aromatic N) is 2. The molecule has 2 N–H and O–H groups in total. The molecule has 0 aromatic carbocycles. The molecule has 0 spiro atoms. The van der Waals surface area contributed by atoms with Crippen LogP contribution in [0.2, 0.25) is 0 Å². The molecular formula is C8H8N2O4S. The summed E-state index contributed by atoms with van der Waals surface area (Å²) in [4.78, 5) is 14.9. The van der Waals surface area contributed by atoms with E-state index in [0.717, 1.165) is 11.3 Å².